The summed E-state index contributed by atoms with van der Waals surface area (Å²) in [5.41, 5.74) is 2.99. The molecule has 2 aromatic rings. The van der Waals surface area contributed by atoms with E-state index in [2.05, 4.69) is 12.1 Å². The van der Waals surface area contributed by atoms with Gasteiger partial charge in [0, 0.05) is 10.4 Å². The zero-order valence-electron chi connectivity index (χ0n) is 7.86. The van der Waals surface area contributed by atoms with Crippen LogP contribution in [0.4, 0.5) is 0 Å². The van der Waals surface area contributed by atoms with E-state index in [1.165, 1.54) is 4.88 Å². The van der Waals surface area contributed by atoms with Crippen LogP contribution in [0.1, 0.15) is 15.9 Å². The van der Waals surface area contributed by atoms with Crippen LogP contribution in [0.5, 0.6) is 0 Å². The van der Waals surface area contributed by atoms with Crippen molar-refractivity contribution in [2.45, 2.75) is 6.92 Å². The zero-order valence-corrected chi connectivity index (χ0v) is 8.67. The fraction of sp³-hybridized carbons (Fsp3) is 0.0833. The van der Waals surface area contributed by atoms with Crippen LogP contribution in [0, 0.1) is 6.92 Å². The molecule has 0 atom stereocenters. The van der Waals surface area contributed by atoms with E-state index in [9.17, 15) is 4.79 Å². The van der Waals surface area contributed by atoms with Crippen molar-refractivity contribution in [1.82, 2.24) is 0 Å². The first-order chi connectivity index (χ1) is 6.79. The van der Waals surface area contributed by atoms with Crippen molar-refractivity contribution < 1.29 is 4.79 Å². The molecule has 0 unspecified atom stereocenters. The molecule has 1 nitrogen and oxygen atoms in total. The molecular weight excluding hydrogens is 192 g/mol. The lowest BCUT2D eigenvalue weighted by molar-refractivity contribution is 0.112. The van der Waals surface area contributed by atoms with E-state index in [1.54, 1.807) is 11.3 Å². The minimum Gasteiger partial charge on any atom is -0.298 e. The van der Waals surface area contributed by atoms with Crippen molar-refractivity contribution in [3.8, 4) is 10.4 Å². The zero-order chi connectivity index (χ0) is 9.97. The summed E-state index contributed by atoms with van der Waals surface area (Å²) in [5, 5.41) is 2.04. The summed E-state index contributed by atoms with van der Waals surface area (Å²) in [6.45, 7) is 2.00. The maximum Gasteiger partial charge on any atom is 0.150 e. The van der Waals surface area contributed by atoms with Crippen molar-refractivity contribution in [3.63, 3.8) is 0 Å². The Morgan fingerprint density at radius 1 is 1.29 bits per heavy atom. The first-order valence-corrected chi connectivity index (χ1v) is 5.28. The van der Waals surface area contributed by atoms with Gasteiger partial charge in [-0.25, -0.2) is 0 Å². The van der Waals surface area contributed by atoms with Gasteiger partial charge in [0.15, 0.2) is 0 Å². The largest absolute Gasteiger partial charge is 0.298 e. The standard InChI is InChI=1S/C12H10OS/c1-9-5-10(8-13)7-11(6-9)12-3-2-4-14-12/h2-8H,1H3. The number of carbonyl (C=O) groups is 1. The number of carbonyl (C=O) groups excluding carboxylic acids is 1. The Labute approximate surface area is 87.0 Å². The van der Waals surface area contributed by atoms with E-state index < -0.39 is 0 Å². The molecule has 0 bridgehead atoms. The van der Waals surface area contributed by atoms with Gasteiger partial charge < -0.3 is 0 Å². The van der Waals surface area contributed by atoms with Gasteiger partial charge in [0.05, 0.1) is 0 Å². The van der Waals surface area contributed by atoms with Gasteiger partial charge in [0.2, 0.25) is 0 Å². The minimum atomic E-state index is 0.744. The lowest BCUT2D eigenvalue weighted by atomic mass is 10.1. The van der Waals surface area contributed by atoms with Gasteiger partial charge in [-0.1, -0.05) is 12.1 Å². The quantitative estimate of drug-likeness (QED) is 0.681. The molecule has 0 spiro atoms. The highest BCUT2D eigenvalue weighted by molar-refractivity contribution is 7.13. The summed E-state index contributed by atoms with van der Waals surface area (Å²) in [7, 11) is 0. The molecule has 0 aliphatic heterocycles. The highest BCUT2D eigenvalue weighted by atomic mass is 32.1. The normalized spacial score (nSPS) is 10.1. The van der Waals surface area contributed by atoms with Crippen molar-refractivity contribution >= 4 is 17.6 Å². The SMILES string of the molecule is Cc1cc(C=O)cc(-c2cccs2)c1. The van der Waals surface area contributed by atoms with E-state index >= 15 is 0 Å². The predicted octanol–water partition coefficient (Wildman–Crippen LogP) is 3.54. The first-order valence-electron chi connectivity index (χ1n) is 4.40. The van der Waals surface area contributed by atoms with E-state index in [-0.39, 0.29) is 0 Å². The molecule has 70 valence electrons. The lowest BCUT2D eigenvalue weighted by Crippen LogP contribution is -1.83. The number of benzene rings is 1. The van der Waals surface area contributed by atoms with Crippen LogP contribution in [0.2, 0.25) is 0 Å². The van der Waals surface area contributed by atoms with Crippen LogP contribution >= 0.6 is 11.3 Å². The first kappa shape index (κ1) is 9.16. The van der Waals surface area contributed by atoms with E-state index in [0.29, 0.717) is 0 Å². The Morgan fingerprint density at radius 3 is 2.79 bits per heavy atom. The van der Waals surface area contributed by atoms with Crippen LogP contribution in [-0.4, -0.2) is 6.29 Å². The third kappa shape index (κ3) is 1.75. The maximum atomic E-state index is 10.7. The summed E-state index contributed by atoms with van der Waals surface area (Å²) in [6.07, 6.45) is 0.893. The van der Waals surface area contributed by atoms with E-state index in [1.807, 2.05) is 30.5 Å². The average molecular weight is 202 g/mol. The van der Waals surface area contributed by atoms with Gasteiger partial charge in [-0.05, 0) is 41.6 Å². The Balaban J connectivity index is 2.54. The molecule has 1 aromatic heterocycles. The summed E-state index contributed by atoms with van der Waals surface area (Å²) in [4.78, 5) is 11.9. The molecule has 0 saturated carbocycles. The molecule has 0 amide bonds. The lowest BCUT2D eigenvalue weighted by Gasteiger charge is -2.01. The van der Waals surface area contributed by atoms with Gasteiger partial charge in [0.25, 0.3) is 0 Å². The van der Waals surface area contributed by atoms with E-state index in [0.717, 1.165) is 23.0 Å². The Morgan fingerprint density at radius 2 is 2.14 bits per heavy atom. The Bertz CT molecular complexity index is 443. The molecule has 0 N–H and O–H groups in total. The van der Waals surface area contributed by atoms with Crippen molar-refractivity contribution in [2.24, 2.45) is 0 Å². The molecule has 0 saturated heterocycles. The van der Waals surface area contributed by atoms with Gasteiger partial charge in [-0.15, -0.1) is 11.3 Å². The summed E-state index contributed by atoms with van der Waals surface area (Å²) < 4.78 is 0. The molecule has 1 heterocycles. The third-order valence-corrected chi connectivity index (χ3v) is 2.96. The van der Waals surface area contributed by atoms with Gasteiger partial charge in [-0.2, -0.15) is 0 Å². The smallest absolute Gasteiger partial charge is 0.150 e. The predicted molar refractivity (Wildman–Crippen MR) is 59.9 cm³/mol. The van der Waals surface area contributed by atoms with Crippen LogP contribution in [0.15, 0.2) is 35.7 Å². The number of thiophene rings is 1. The molecule has 0 fully saturated rings. The molecule has 0 radical (unpaired) electrons. The number of aldehydes is 1. The van der Waals surface area contributed by atoms with Crippen LogP contribution < -0.4 is 0 Å². The topological polar surface area (TPSA) is 17.1 Å². The fourth-order valence-corrected chi connectivity index (χ4v) is 2.18. The monoisotopic (exact) mass is 202 g/mol. The highest BCUT2D eigenvalue weighted by Gasteiger charge is 2.01. The summed E-state index contributed by atoms with van der Waals surface area (Å²) >= 11 is 1.69. The number of aryl methyl sites for hydroxylation is 1. The second-order valence-electron chi connectivity index (χ2n) is 3.23. The molecule has 2 heteroatoms. The molecular formula is C12H10OS. The van der Waals surface area contributed by atoms with Crippen LogP contribution in [0.3, 0.4) is 0 Å². The van der Waals surface area contributed by atoms with Crippen molar-refractivity contribution in [3.05, 3.63) is 46.8 Å². The third-order valence-electron chi connectivity index (χ3n) is 2.04. The Kier molecular flexibility index (Phi) is 2.46. The second-order valence-corrected chi connectivity index (χ2v) is 4.18. The summed E-state index contributed by atoms with van der Waals surface area (Å²) in [6, 6.07) is 9.99. The van der Waals surface area contributed by atoms with Crippen LogP contribution in [0.25, 0.3) is 10.4 Å². The van der Waals surface area contributed by atoms with Gasteiger partial charge >= 0.3 is 0 Å². The van der Waals surface area contributed by atoms with Gasteiger partial charge in [0.1, 0.15) is 6.29 Å². The molecule has 2 rings (SSSR count). The minimum absolute atomic E-state index is 0.744. The second kappa shape index (κ2) is 3.76. The van der Waals surface area contributed by atoms with Crippen LogP contribution in [-0.2, 0) is 0 Å². The van der Waals surface area contributed by atoms with Crippen molar-refractivity contribution in [2.75, 3.05) is 0 Å². The van der Waals surface area contributed by atoms with Gasteiger partial charge in [-0.3, -0.25) is 4.79 Å². The molecule has 0 aliphatic carbocycles. The number of rotatable bonds is 2. The maximum absolute atomic E-state index is 10.7. The number of hydrogen-bond acceptors (Lipinski definition) is 2. The summed E-state index contributed by atoms with van der Waals surface area (Å²) in [5.74, 6) is 0. The number of hydrogen-bond donors (Lipinski definition) is 0. The fourth-order valence-electron chi connectivity index (χ4n) is 1.47. The molecule has 1 aromatic carbocycles. The molecule has 0 aliphatic rings. The average Bonchev–Trinajstić information content (AvgIpc) is 2.69. The Hall–Kier alpha value is -1.41. The molecule has 14 heavy (non-hydrogen) atoms. The van der Waals surface area contributed by atoms with E-state index in [4.69, 9.17) is 0 Å². The highest BCUT2D eigenvalue weighted by Crippen LogP contribution is 2.26. The van der Waals surface area contributed by atoms with Crippen molar-refractivity contribution in [1.29, 1.82) is 0 Å².